The van der Waals surface area contributed by atoms with Crippen LogP contribution in [0.5, 0.6) is 0 Å². The highest BCUT2D eigenvalue weighted by molar-refractivity contribution is 7.84. The maximum absolute atomic E-state index is 12.4. The van der Waals surface area contributed by atoms with E-state index >= 15 is 0 Å². The molecule has 4 heteroatoms. The fraction of sp³-hybridized carbons (Fsp3) is 0.267. The van der Waals surface area contributed by atoms with Gasteiger partial charge in [0.2, 0.25) is 0 Å². The lowest BCUT2D eigenvalue weighted by molar-refractivity contribution is -0.646. The predicted molar refractivity (Wildman–Crippen MR) is 76.2 cm³/mol. The molecular formula is C15H17NO2S. The highest BCUT2D eigenvalue weighted by Crippen LogP contribution is 2.17. The molecule has 0 fully saturated rings. The molecule has 0 radical (unpaired) electrons. The summed E-state index contributed by atoms with van der Waals surface area (Å²) < 4.78 is 13.1. The van der Waals surface area contributed by atoms with Gasteiger partial charge in [0, 0.05) is 11.6 Å². The van der Waals surface area contributed by atoms with Crippen LogP contribution in [0.1, 0.15) is 22.3 Å². The summed E-state index contributed by atoms with van der Waals surface area (Å²) in [5, 5.41) is 12.1. The molecule has 0 amide bonds. The number of rotatable bonds is 3. The summed E-state index contributed by atoms with van der Waals surface area (Å²) in [5.74, 6) is 0.376. The van der Waals surface area contributed by atoms with Crippen LogP contribution in [0.3, 0.4) is 0 Å². The van der Waals surface area contributed by atoms with E-state index in [0.29, 0.717) is 15.5 Å². The number of hydrogen-bond donors (Lipinski definition) is 0. The first kappa shape index (κ1) is 13.7. The number of aryl methyl sites for hydroxylation is 3. The molecule has 0 aliphatic heterocycles. The lowest BCUT2D eigenvalue weighted by Gasteiger charge is -2.09. The van der Waals surface area contributed by atoms with Gasteiger partial charge in [0.15, 0.2) is 6.20 Å². The van der Waals surface area contributed by atoms with Gasteiger partial charge < -0.3 is 5.21 Å². The van der Waals surface area contributed by atoms with Gasteiger partial charge in [-0.2, -0.15) is 4.73 Å². The Labute approximate surface area is 116 Å². The maximum Gasteiger partial charge on any atom is 0.284 e. The molecule has 2 aromatic rings. The van der Waals surface area contributed by atoms with E-state index in [-0.39, 0.29) is 0 Å². The Morgan fingerprint density at radius 3 is 2.58 bits per heavy atom. The van der Waals surface area contributed by atoms with Gasteiger partial charge in [-0.25, -0.2) is 4.21 Å². The van der Waals surface area contributed by atoms with Gasteiger partial charge in [-0.1, -0.05) is 23.8 Å². The minimum absolute atomic E-state index is 0.350. The first-order chi connectivity index (χ1) is 8.99. The van der Waals surface area contributed by atoms with Crippen LogP contribution in [-0.4, -0.2) is 4.21 Å². The molecule has 3 nitrogen and oxygen atoms in total. The van der Waals surface area contributed by atoms with Crippen LogP contribution in [0, 0.1) is 26.0 Å². The first-order valence-corrected chi connectivity index (χ1v) is 7.44. The molecule has 1 aromatic heterocycles. The average molecular weight is 275 g/mol. The fourth-order valence-electron chi connectivity index (χ4n) is 2.02. The Morgan fingerprint density at radius 1 is 1.16 bits per heavy atom. The zero-order chi connectivity index (χ0) is 14.0. The second-order valence-electron chi connectivity index (χ2n) is 4.74. The van der Waals surface area contributed by atoms with Crippen LogP contribution in [0.15, 0.2) is 41.6 Å². The molecular weight excluding hydrogens is 258 g/mol. The van der Waals surface area contributed by atoms with Gasteiger partial charge >= 0.3 is 0 Å². The summed E-state index contributed by atoms with van der Waals surface area (Å²) >= 11 is 0. The Hall–Kier alpha value is -1.68. The third-order valence-corrected chi connectivity index (χ3v) is 4.62. The van der Waals surface area contributed by atoms with Gasteiger partial charge in [-0.15, -0.1) is 0 Å². The van der Waals surface area contributed by atoms with Gasteiger partial charge in [-0.05, 0) is 38.0 Å². The molecule has 1 aromatic carbocycles. The second-order valence-corrected chi connectivity index (χ2v) is 6.11. The minimum Gasteiger partial charge on any atom is -0.618 e. The highest BCUT2D eigenvalue weighted by atomic mass is 32.2. The smallest absolute Gasteiger partial charge is 0.284 e. The van der Waals surface area contributed by atoms with Crippen molar-refractivity contribution >= 4 is 10.8 Å². The number of benzene rings is 1. The number of nitrogens with zero attached hydrogens (tertiary/aromatic N) is 1. The van der Waals surface area contributed by atoms with Crippen LogP contribution in [0.2, 0.25) is 0 Å². The van der Waals surface area contributed by atoms with E-state index in [0.717, 1.165) is 22.3 Å². The van der Waals surface area contributed by atoms with E-state index in [9.17, 15) is 9.42 Å². The van der Waals surface area contributed by atoms with Crippen LogP contribution in [-0.2, 0) is 16.6 Å². The van der Waals surface area contributed by atoms with E-state index in [2.05, 4.69) is 0 Å². The number of hydrogen-bond acceptors (Lipinski definition) is 2. The molecule has 0 bridgehead atoms. The zero-order valence-electron chi connectivity index (χ0n) is 11.3. The van der Waals surface area contributed by atoms with Crippen molar-refractivity contribution in [3.05, 3.63) is 64.0 Å². The summed E-state index contributed by atoms with van der Waals surface area (Å²) in [6, 6.07) is 9.56. The zero-order valence-corrected chi connectivity index (χ0v) is 12.2. The third-order valence-electron chi connectivity index (χ3n) is 3.11. The highest BCUT2D eigenvalue weighted by Gasteiger charge is 2.18. The molecule has 0 aliphatic rings. The van der Waals surface area contributed by atoms with E-state index < -0.39 is 10.8 Å². The standard InChI is InChI=1S/C15H17NO2S/c1-11-6-7-12(2)14(9-11)10-19(18)15-13(3)5-4-8-16(15)17/h4-9H,10H2,1-3H3. The Kier molecular flexibility index (Phi) is 4.00. The average Bonchev–Trinajstić information content (AvgIpc) is 2.33. The van der Waals surface area contributed by atoms with Gasteiger partial charge in [0.05, 0.1) is 5.75 Å². The monoisotopic (exact) mass is 275 g/mol. The Morgan fingerprint density at radius 2 is 1.89 bits per heavy atom. The molecule has 0 saturated carbocycles. The molecule has 19 heavy (non-hydrogen) atoms. The van der Waals surface area contributed by atoms with Gasteiger partial charge in [0.1, 0.15) is 10.8 Å². The van der Waals surface area contributed by atoms with Crippen molar-refractivity contribution in [1.29, 1.82) is 0 Å². The lowest BCUT2D eigenvalue weighted by Crippen LogP contribution is -2.32. The van der Waals surface area contributed by atoms with E-state index in [1.165, 1.54) is 6.20 Å². The largest absolute Gasteiger partial charge is 0.618 e. The Balaban J connectivity index is 2.34. The molecule has 1 unspecified atom stereocenters. The molecule has 0 saturated heterocycles. The van der Waals surface area contributed by atoms with E-state index in [1.807, 2.05) is 45.0 Å². The third kappa shape index (κ3) is 3.01. The van der Waals surface area contributed by atoms with Crippen LogP contribution in [0.25, 0.3) is 0 Å². The summed E-state index contributed by atoms with van der Waals surface area (Å²) in [5.41, 5.74) is 4.03. The van der Waals surface area contributed by atoms with Crippen molar-refractivity contribution < 1.29 is 8.94 Å². The van der Waals surface area contributed by atoms with Gasteiger partial charge in [-0.3, -0.25) is 0 Å². The van der Waals surface area contributed by atoms with Crippen molar-refractivity contribution in [3.63, 3.8) is 0 Å². The molecule has 0 N–H and O–H groups in total. The first-order valence-electron chi connectivity index (χ1n) is 6.12. The lowest BCUT2D eigenvalue weighted by atomic mass is 10.1. The van der Waals surface area contributed by atoms with Crippen LogP contribution < -0.4 is 4.73 Å². The quantitative estimate of drug-likeness (QED) is 0.638. The number of aromatic nitrogens is 1. The summed E-state index contributed by atoms with van der Waals surface area (Å²) in [4.78, 5) is 0. The molecule has 100 valence electrons. The second kappa shape index (κ2) is 5.53. The van der Waals surface area contributed by atoms with Crippen LogP contribution >= 0.6 is 0 Å². The normalized spacial score (nSPS) is 12.4. The van der Waals surface area contributed by atoms with Crippen molar-refractivity contribution in [2.75, 3.05) is 0 Å². The summed E-state index contributed by atoms with van der Waals surface area (Å²) in [6.45, 7) is 5.81. The summed E-state index contributed by atoms with van der Waals surface area (Å²) in [7, 11) is -1.33. The SMILES string of the molecule is Cc1ccc(C)c(CS(=O)c2c(C)ccc[n+]2[O-])c1. The predicted octanol–water partition coefficient (Wildman–Crippen LogP) is 2.55. The maximum atomic E-state index is 12.4. The number of pyridine rings is 1. The van der Waals surface area contributed by atoms with Crippen molar-refractivity contribution in [1.82, 2.24) is 0 Å². The minimum atomic E-state index is -1.33. The van der Waals surface area contributed by atoms with E-state index in [1.54, 1.807) is 6.07 Å². The van der Waals surface area contributed by atoms with Crippen molar-refractivity contribution in [2.24, 2.45) is 0 Å². The molecule has 0 aliphatic carbocycles. The van der Waals surface area contributed by atoms with Gasteiger partial charge in [0.25, 0.3) is 5.03 Å². The van der Waals surface area contributed by atoms with Crippen molar-refractivity contribution in [3.8, 4) is 0 Å². The molecule has 2 rings (SSSR count). The molecule has 1 atom stereocenters. The molecule has 1 heterocycles. The summed E-state index contributed by atoms with van der Waals surface area (Å²) in [6.07, 6.45) is 1.39. The topological polar surface area (TPSA) is 44.0 Å². The molecule has 0 spiro atoms. The van der Waals surface area contributed by atoms with E-state index in [4.69, 9.17) is 0 Å². The van der Waals surface area contributed by atoms with Crippen molar-refractivity contribution in [2.45, 2.75) is 31.6 Å². The fourth-order valence-corrected chi connectivity index (χ4v) is 3.44. The van der Waals surface area contributed by atoms with Crippen LogP contribution in [0.4, 0.5) is 0 Å². The Bertz CT molecular complexity index is 618.